The van der Waals surface area contributed by atoms with Gasteiger partial charge in [0.1, 0.15) is 0 Å². The lowest BCUT2D eigenvalue weighted by molar-refractivity contribution is 0.925. The Labute approximate surface area is 250 Å². The van der Waals surface area contributed by atoms with Crippen LogP contribution in [0.1, 0.15) is 46.8 Å². The van der Waals surface area contributed by atoms with Gasteiger partial charge in [0.2, 0.25) is 0 Å². The van der Waals surface area contributed by atoms with Crippen molar-refractivity contribution >= 4 is 39.2 Å². The lowest BCUT2D eigenvalue weighted by atomic mass is 9.83. The highest BCUT2D eigenvalue weighted by atomic mass is 32.2. The fourth-order valence-electron chi connectivity index (χ4n) is 6.50. The minimum Gasteiger partial charge on any atom is -0.135 e. The molecule has 0 N–H and O–H groups in total. The summed E-state index contributed by atoms with van der Waals surface area (Å²) in [6.07, 6.45) is 10.8. The first-order valence-corrected chi connectivity index (χ1v) is 16.2. The molecule has 0 nitrogen and oxygen atoms in total. The Morgan fingerprint density at radius 1 is 0.537 bits per heavy atom. The second kappa shape index (κ2) is 10.2. The van der Waals surface area contributed by atoms with Crippen LogP contribution < -0.4 is 0 Å². The molecule has 2 heteroatoms. The molecular weight excluding hydrogens is 533 g/mol. The quantitative estimate of drug-likeness (QED) is 0.198. The van der Waals surface area contributed by atoms with Gasteiger partial charge in [0.25, 0.3) is 0 Å². The van der Waals surface area contributed by atoms with Crippen LogP contribution in [0.5, 0.6) is 0 Å². The average Bonchev–Trinajstić information content (AvgIpc) is 3.38. The summed E-state index contributed by atoms with van der Waals surface area (Å²) >= 11 is 3.91. The van der Waals surface area contributed by atoms with E-state index in [2.05, 4.69) is 140 Å². The molecule has 5 aromatic rings. The molecule has 2 aliphatic carbocycles. The molecule has 1 fully saturated rings. The van der Waals surface area contributed by atoms with Crippen LogP contribution in [0.3, 0.4) is 0 Å². The number of thiophene rings is 1. The second-order valence-electron chi connectivity index (χ2n) is 11.3. The van der Waals surface area contributed by atoms with Crippen LogP contribution in [0.2, 0.25) is 0 Å². The largest absolute Gasteiger partial charge is 0.135 e. The number of hydrogen-bond acceptors (Lipinski definition) is 2. The van der Waals surface area contributed by atoms with Crippen LogP contribution in [0, 0.1) is 5.41 Å². The number of allylic oxidation sites excluding steroid dienone is 5. The first kappa shape index (κ1) is 24.9. The molecule has 0 bridgehead atoms. The molecule has 3 aliphatic rings. The molecule has 1 saturated carbocycles. The van der Waals surface area contributed by atoms with Crippen molar-refractivity contribution in [3.63, 3.8) is 0 Å². The van der Waals surface area contributed by atoms with Gasteiger partial charge in [-0.25, -0.2) is 0 Å². The summed E-state index contributed by atoms with van der Waals surface area (Å²) in [4.78, 5) is 4.05. The van der Waals surface area contributed by atoms with Gasteiger partial charge in [0.05, 0.1) is 0 Å². The summed E-state index contributed by atoms with van der Waals surface area (Å²) in [5.41, 5.74) is 11.2. The Morgan fingerprint density at radius 2 is 1.10 bits per heavy atom. The van der Waals surface area contributed by atoms with E-state index in [4.69, 9.17) is 0 Å². The number of thioether (sulfide) groups is 1. The molecular formula is C39H30S2. The molecule has 1 atom stereocenters. The van der Waals surface area contributed by atoms with Gasteiger partial charge in [-0.2, -0.15) is 0 Å². The highest BCUT2D eigenvalue weighted by molar-refractivity contribution is 8.08. The van der Waals surface area contributed by atoms with Gasteiger partial charge in [-0.15, -0.1) is 23.1 Å². The Balaban J connectivity index is 1.19. The van der Waals surface area contributed by atoms with Gasteiger partial charge < -0.3 is 0 Å². The van der Waals surface area contributed by atoms with Crippen molar-refractivity contribution in [1.29, 1.82) is 0 Å². The Bertz CT molecular complexity index is 1820. The van der Waals surface area contributed by atoms with E-state index < -0.39 is 0 Å². The lowest BCUT2D eigenvalue weighted by Crippen LogP contribution is -2.04. The van der Waals surface area contributed by atoms with Crippen molar-refractivity contribution < 1.29 is 0 Å². The van der Waals surface area contributed by atoms with Crippen molar-refractivity contribution in [3.8, 4) is 20.9 Å². The van der Waals surface area contributed by atoms with Crippen molar-refractivity contribution in [2.75, 3.05) is 0 Å². The van der Waals surface area contributed by atoms with E-state index in [9.17, 15) is 0 Å². The molecule has 1 spiro atoms. The SMILES string of the molecule is C1=C(c2cc(C3=CC=C(c4ccccc4)C34CC4)cc(-c3ccc(-c4ccccc4)s3)c2)SC(c2ccccc2)C1. The van der Waals surface area contributed by atoms with Crippen molar-refractivity contribution in [1.82, 2.24) is 0 Å². The van der Waals surface area contributed by atoms with E-state index in [1.807, 2.05) is 23.1 Å². The van der Waals surface area contributed by atoms with E-state index in [0.717, 1.165) is 6.42 Å². The van der Waals surface area contributed by atoms with Gasteiger partial charge in [-0.05, 0) is 94.1 Å². The van der Waals surface area contributed by atoms with E-state index >= 15 is 0 Å². The normalized spacial score (nSPS) is 18.7. The highest BCUT2D eigenvalue weighted by Crippen LogP contribution is 2.66. The lowest BCUT2D eigenvalue weighted by Gasteiger charge is -2.21. The Kier molecular flexibility index (Phi) is 6.20. The maximum atomic E-state index is 2.47. The van der Waals surface area contributed by atoms with Gasteiger partial charge in [-0.3, -0.25) is 0 Å². The predicted octanol–water partition coefficient (Wildman–Crippen LogP) is 11.6. The molecule has 198 valence electrons. The molecule has 4 aromatic carbocycles. The third-order valence-corrected chi connectivity index (χ3v) is 11.3. The minimum absolute atomic E-state index is 0.158. The van der Waals surface area contributed by atoms with Crippen LogP contribution >= 0.6 is 23.1 Å². The van der Waals surface area contributed by atoms with Gasteiger partial charge in [-0.1, -0.05) is 109 Å². The summed E-state index contributed by atoms with van der Waals surface area (Å²) in [6, 6.07) is 44.6. The third kappa shape index (κ3) is 4.56. The molecule has 1 aromatic heterocycles. The van der Waals surface area contributed by atoms with Crippen LogP contribution in [-0.2, 0) is 0 Å². The van der Waals surface area contributed by atoms with Crippen LogP contribution in [0.4, 0.5) is 0 Å². The predicted molar refractivity (Wildman–Crippen MR) is 179 cm³/mol. The maximum Gasteiger partial charge on any atom is 0.0379 e. The van der Waals surface area contributed by atoms with E-state index in [1.165, 1.54) is 72.0 Å². The van der Waals surface area contributed by atoms with Crippen LogP contribution in [0.25, 0.3) is 36.9 Å². The average molecular weight is 563 g/mol. The fourth-order valence-corrected chi connectivity index (χ4v) is 8.73. The zero-order valence-electron chi connectivity index (χ0n) is 22.8. The van der Waals surface area contributed by atoms with Crippen molar-refractivity contribution in [2.24, 2.45) is 5.41 Å². The van der Waals surface area contributed by atoms with Gasteiger partial charge in [0, 0.05) is 25.3 Å². The summed E-state index contributed by atoms with van der Waals surface area (Å²) in [7, 11) is 0. The first-order chi connectivity index (χ1) is 20.3. The molecule has 1 unspecified atom stereocenters. The van der Waals surface area contributed by atoms with Gasteiger partial charge >= 0.3 is 0 Å². The summed E-state index contributed by atoms with van der Waals surface area (Å²) < 4.78 is 0. The van der Waals surface area contributed by atoms with E-state index in [0.29, 0.717) is 5.25 Å². The van der Waals surface area contributed by atoms with Gasteiger partial charge in [0.15, 0.2) is 0 Å². The standard InChI is InChI=1S/C39H30S2/c1-4-10-27(11-5-1)33-16-17-34(39(33)22-23-39)30-24-31(37-20-18-35(40-37)28-12-6-2-7-13-28)26-32(25-30)38-21-19-36(41-38)29-14-8-3-9-15-29/h1-18,20-21,24-26,36H,19,22-23H2. The number of benzene rings is 4. The monoisotopic (exact) mass is 562 g/mol. The van der Waals surface area contributed by atoms with E-state index in [1.54, 1.807) is 0 Å². The minimum atomic E-state index is 0.158. The summed E-state index contributed by atoms with van der Waals surface area (Å²) in [6.45, 7) is 0. The zero-order valence-corrected chi connectivity index (χ0v) is 24.4. The zero-order chi connectivity index (χ0) is 27.2. The highest BCUT2D eigenvalue weighted by Gasteiger charge is 2.51. The molecule has 1 aliphatic heterocycles. The molecule has 41 heavy (non-hydrogen) atoms. The third-order valence-electron chi connectivity index (χ3n) is 8.72. The fraction of sp³-hybridized carbons (Fsp3) is 0.128. The topological polar surface area (TPSA) is 0 Å². The maximum absolute atomic E-state index is 2.47. The smallest absolute Gasteiger partial charge is 0.0379 e. The molecule has 2 heterocycles. The summed E-state index contributed by atoms with van der Waals surface area (Å²) in [5, 5.41) is 0.483. The van der Waals surface area contributed by atoms with Crippen molar-refractivity contribution in [3.05, 3.63) is 162 Å². The molecule has 8 rings (SSSR count). The summed E-state index contributed by atoms with van der Waals surface area (Å²) in [5.74, 6) is 0. The first-order valence-electron chi connectivity index (χ1n) is 14.5. The molecule has 0 amide bonds. The second-order valence-corrected chi connectivity index (χ2v) is 13.6. The number of hydrogen-bond donors (Lipinski definition) is 0. The molecule has 0 radical (unpaired) electrons. The van der Waals surface area contributed by atoms with Crippen LogP contribution in [0.15, 0.2) is 140 Å². The Hall–Kier alpha value is -3.85. The van der Waals surface area contributed by atoms with Crippen molar-refractivity contribution in [2.45, 2.75) is 24.5 Å². The Morgan fingerprint density at radius 3 is 1.78 bits per heavy atom. The number of rotatable bonds is 6. The van der Waals surface area contributed by atoms with E-state index in [-0.39, 0.29) is 5.41 Å². The molecule has 0 saturated heterocycles. The van der Waals surface area contributed by atoms with Crippen LogP contribution in [-0.4, -0.2) is 0 Å².